The second kappa shape index (κ2) is 7.74. The van der Waals surface area contributed by atoms with Crippen molar-refractivity contribution < 1.29 is 14.4 Å². The van der Waals surface area contributed by atoms with E-state index in [1.807, 2.05) is 19.1 Å². The summed E-state index contributed by atoms with van der Waals surface area (Å²) >= 11 is 3.35. The molecule has 2 rings (SSSR count). The lowest BCUT2D eigenvalue weighted by molar-refractivity contribution is -0.115. The van der Waals surface area contributed by atoms with Crippen molar-refractivity contribution in [2.24, 2.45) is 5.73 Å². The number of hydrogen-bond donors (Lipinski definition) is 3. The van der Waals surface area contributed by atoms with Crippen molar-refractivity contribution in [2.45, 2.75) is 6.92 Å². The van der Waals surface area contributed by atoms with E-state index in [0.717, 1.165) is 10.0 Å². The molecule has 0 atom stereocenters. The van der Waals surface area contributed by atoms with Gasteiger partial charge in [-0.3, -0.25) is 14.4 Å². The van der Waals surface area contributed by atoms with Gasteiger partial charge in [0.1, 0.15) is 0 Å². The summed E-state index contributed by atoms with van der Waals surface area (Å²) < 4.78 is 0.922. The molecule has 0 aliphatic heterocycles. The zero-order chi connectivity index (χ0) is 17.7. The van der Waals surface area contributed by atoms with E-state index < -0.39 is 11.8 Å². The lowest BCUT2D eigenvalue weighted by Gasteiger charge is -2.10. The molecule has 0 radical (unpaired) electrons. The Morgan fingerprint density at radius 1 is 1.04 bits per heavy atom. The Kier molecular flexibility index (Phi) is 5.70. The Bertz CT molecular complexity index is 788. The van der Waals surface area contributed by atoms with Crippen molar-refractivity contribution >= 4 is 39.3 Å². The average Bonchev–Trinajstić information content (AvgIpc) is 2.55. The number of carbonyl (C=O) groups excluding carboxylic acids is 3. The van der Waals surface area contributed by atoms with E-state index in [9.17, 15) is 14.4 Å². The van der Waals surface area contributed by atoms with E-state index >= 15 is 0 Å². The largest absolute Gasteiger partial charge is 0.366 e. The summed E-state index contributed by atoms with van der Waals surface area (Å²) in [6.45, 7) is 1.71. The number of amides is 3. The molecule has 7 heteroatoms. The summed E-state index contributed by atoms with van der Waals surface area (Å²) in [5, 5.41) is 5.25. The first-order valence-corrected chi connectivity index (χ1v) is 7.90. The standard InChI is InChI=1S/C17H16BrN3O3/c1-10-8-13(18)6-7-14(10)21-15(22)9-20-17(24)12-4-2-11(3-5-12)16(19)23/h2-8H,9H2,1H3,(H2,19,23)(H,20,24)(H,21,22). The number of carbonyl (C=O) groups is 3. The molecule has 0 saturated heterocycles. The van der Waals surface area contributed by atoms with E-state index in [1.165, 1.54) is 24.3 Å². The molecule has 6 nitrogen and oxygen atoms in total. The van der Waals surface area contributed by atoms with Gasteiger partial charge >= 0.3 is 0 Å². The van der Waals surface area contributed by atoms with Gasteiger partial charge in [0.2, 0.25) is 11.8 Å². The van der Waals surface area contributed by atoms with Crippen molar-refractivity contribution in [3.8, 4) is 0 Å². The third kappa shape index (κ3) is 4.66. The smallest absolute Gasteiger partial charge is 0.251 e. The number of primary amides is 1. The van der Waals surface area contributed by atoms with Crippen molar-refractivity contribution in [2.75, 3.05) is 11.9 Å². The summed E-state index contributed by atoms with van der Waals surface area (Å²) in [6, 6.07) is 11.4. The van der Waals surface area contributed by atoms with Gasteiger partial charge in [-0.1, -0.05) is 15.9 Å². The fraction of sp³-hybridized carbons (Fsp3) is 0.118. The highest BCUT2D eigenvalue weighted by Crippen LogP contribution is 2.19. The SMILES string of the molecule is Cc1cc(Br)ccc1NC(=O)CNC(=O)c1ccc(C(N)=O)cc1. The van der Waals surface area contributed by atoms with E-state index in [4.69, 9.17) is 5.73 Å². The van der Waals surface area contributed by atoms with E-state index in [-0.39, 0.29) is 12.5 Å². The van der Waals surface area contributed by atoms with Gasteiger partial charge in [-0.05, 0) is 55.0 Å². The number of rotatable bonds is 5. The van der Waals surface area contributed by atoms with Gasteiger partial charge in [0.25, 0.3) is 5.91 Å². The van der Waals surface area contributed by atoms with Gasteiger partial charge in [-0.15, -0.1) is 0 Å². The van der Waals surface area contributed by atoms with Crippen LogP contribution in [-0.2, 0) is 4.79 Å². The van der Waals surface area contributed by atoms with Crippen molar-refractivity contribution in [3.05, 3.63) is 63.6 Å². The molecule has 3 amide bonds. The fourth-order valence-corrected chi connectivity index (χ4v) is 2.49. The molecule has 0 fully saturated rings. The van der Waals surface area contributed by atoms with Crippen LogP contribution in [0.1, 0.15) is 26.3 Å². The highest BCUT2D eigenvalue weighted by atomic mass is 79.9. The molecule has 0 bridgehead atoms. The van der Waals surface area contributed by atoms with Crippen LogP contribution in [0.25, 0.3) is 0 Å². The van der Waals surface area contributed by atoms with Crippen LogP contribution in [0.2, 0.25) is 0 Å². The molecule has 0 spiro atoms. The first kappa shape index (κ1) is 17.7. The van der Waals surface area contributed by atoms with Gasteiger partial charge < -0.3 is 16.4 Å². The second-order valence-corrected chi connectivity index (χ2v) is 6.05. The Labute approximate surface area is 147 Å². The summed E-state index contributed by atoms with van der Waals surface area (Å²) in [5.41, 5.74) is 7.38. The summed E-state index contributed by atoms with van der Waals surface area (Å²) in [5.74, 6) is -1.30. The minimum Gasteiger partial charge on any atom is -0.366 e. The number of nitrogens with one attached hydrogen (secondary N) is 2. The molecular weight excluding hydrogens is 374 g/mol. The molecular formula is C17H16BrN3O3. The molecule has 0 aromatic heterocycles. The Balaban J connectivity index is 1.91. The topological polar surface area (TPSA) is 101 Å². The predicted octanol–water partition coefficient (Wildman–Crippen LogP) is 2.22. The Morgan fingerprint density at radius 2 is 1.67 bits per heavy atom. The first-order valence-electron chi connectivity index (χ1n) is 7.11. The third-order valence-corrected chi connectivity index (χ3v) is 3.80. The van der Waals surface area contributed by atoms with Crippen molar-refractivity contribution in [3.63, 3.8) is 0 Å². The van der Waals surface area contributed by atoms with Crippen LogP contribution < -0.4 is 16.4 Å². The molecule has 24 heavy (non-hydrogen) atoms. The van der Waals surface area contributed by atoms with Crippen LogP contribution >= 0.6 is 15.9 Å². The van der Waals surface area contributed by atoms with Crippen LogP contribution in [0.15, 0.2) is 46.9 Å². The maximum atomic E-state index is 12.0. The highest BCUT2D eigenvalue weighted by molar-refractivity contribution is 9.10. The number of nitrogens with two attached hydrogens (primary N) is 1. The predicted molar refractivity (Wildman–Crippen MR) is 94.8 cm³/mol. The van der Waals surface area contributed by atoms with Crippen LogP contribution in [-0.4, -0.2) is 24.3 Å². The van der Waals surface area contributed by atoms with Gasteiger partial charge in [-0.25, -0.2) is 0 Å². The van der Waals surface area contributed by atoms with Gasteiger partial charge in [-0.2, -0.15) is 0 Å². The maximum absolute atomic E-state index is 12.0. The van der Waals surface area contributed by atoms with Crippen LogP contribution in [0.3, 0.4) is 0 Å². The molecule has 2 aromatic rings. The number of hydrogen-bond acceptors (Lipinski definition) is 3. The average molecular weight is 390 g/mol. The quantitative estimate of drug-likeness (QED) is 0.730. The number of halogens is 1. The highest BCUT2D eigenvalue weighted by Gasteiger charge is 2.10. The summed E-state index contributed by atoms with van der Waals surface area (Å²) in [7, 11) is 0. The Hall–Kier alpha value is -2.67. The lowest BCUT2D eigenvalue weighted by Crippen LogP contribution is -2.33. The molecule has 0 aliphatic carbocycles. The molecule has 0 unspecified atom stereocenters. The lowest BCUT2D eigenvalue weighted by atomic mass is 10.1. The second-order valence-electron chi connectivity index (χ2n) is 5.13. The fourth-order valence-electron chi connectivity index (χ4n) is 2.01. The van der Waals surface area contributed by atoms with Crippen LogP contribution in [0.4, 0.5) is 5.69 Å². The van der Waals surface area contributed by atoms with Crippen molar-refractivity contribution in [1.29, 1.82) is 0 Å². The van der Waals surface area contributed by atoms with E-state index in [2.05, 4.69) is 26.6 Å². The van der Waals surface area contributed by atoms with Crippen LogP contribution in [0.5, 0.6) is 0 Å². The molecule has 0 saturated carbocycles. The third-order valence-electron chi connectivity index (χ3n) is 3.30. The molecule has 2 aromatic carbocycles. The molecule has 0 heterocycles. The summed E-state index contributed by atoms with van der Waals surface area (Å²) in [6.07, 6.45) is 0. The molecule has 4 N–H and O–H groups in total. The van der Waals surface area contributed by atoms with Gasteiger partial charge in [0.15, 0.2) is 0 Å². The minimum absolute atomic E-state index is 0.161. The number of aryl methyl sites for hydroxylation is 1. The minimum atomic E-state index is -0.564. The van der Waals surface area contributed by atoms with Gasteiger partial charge in [0.05, 0.1) is 6.54 Å². The first-order chi connectivity index (χ1) is 11.4. The van der Waals surface area contributed by atoms with Crippen molar-refractivity contribution in [1.82, 2.24) is 5.32 Å². The Morgan fingerprint density at radius 3 is 2.25 bits per heavy atom. The normalized spacial score (nSPS) is 10.1. The van der Waals surface area contributed by atoms with E-state index in [1.54, 1.807) is 6.07 Å². The zero-order valence-corrected chi connectivity index (χ0v) is 14.5. The maximum Gasteiger partial charge on any atom is 0.251 e. The molecule has 124 valence electrons. The number of anilines is 1. The summed E-state index contributed by atoms with van der Waals surface area (Å²) in [4.78, 5) is 34.9. The van der Waals surface area contributed by atoms with E-state index in [0.29, 0.717) is 16.8 Å². The van der Waals surface area contributed by atoms with Crippen LogP contribution in [0, 0.1) is 6.92 Å². The number of benzene rings is 2. The van der Waals surface area contributed by atoms with Gasteiger partial charge in [0, 0.05) is 21.3 Å². The monoisotopic (exact) mass is 389 g/mol. The molecule has 0 aliphatic rings. The zero-order valence-electron chi connectivity index (χ0n) is 12.9.